The van der Waals surface area contributed by atoms with Crippen molar-refractivity contribution in [3.8, 4) is 5.75 Å². The molecule has 0 unspecified atom stereocenters. The van der Waals surface area contributed by atoms with Crippen LogP contribution in [0.4, 0.5) is 0 Å². The van der Waals surface area contributed by atoms with Crippen LogP contribution >= 0.6 is 0 Å². The standard InChI is InChI=1S/C22H22N4O3/c1-2-14-5-3-7-19(20(14)27)22(29)25-13-17-10-18(25)12-24(17)21(28)15-9-16-6-4-8-23-26(16)11-15/h3-9,11,17-18,27H,2,10,12-13H2,1H3/t17-,18-/m0/s1. The van der Waals surface area contributed by atoms with Gasteiger partial charge >= 0.3 is 0 Å². The summed E-state index contributed by atoms with van der Waals surface area (Å²) in [6.45, 7) is 2.96. The highest BCUT2D eigenvalue weighted by atomic mass is 16.3. The van der Waals surface area contributed by atoms with Crippen LogP contribution in [-0.2, 0) is 6.42 Å². The first-order chi connectivity index (χ1) is 14.1. The third-order valence-corrected chi connectivity index (χ3v) is 6.11. The van der Waals surface area contributed by atoms with Crippen molar-refractivity contribution in [3.05, 3.63) is 65.5 Å². The number of carbonyl (C=O) groups excluding carboxylic acids is 2. The van der Waals surface area contributed by atoms with Crippen LogP contribution in [0.5, 0.6) is 5.75 Å². The number of aromatic hydroxyl groups is 1. The number of fused-ring (bicyclic) bond motifs is 3. The molecule has 2 saturated heterocycles. The van der Waals surface area contributed by atoms with Crippen molar-refractivity contribution in [1.29, 1.82) is 0 Å². The molecule has 2 amide bonds. The summed E-state index contributed by atoms with van der Waals surface area (Å²) < 4.78 is 1.70. The lowest BCUT2D eigenvalue weighted by molar-refractivity contribution is 0.0525. The van der Waals surface area contributed by atoms with E-state index < -0.39 is 0 Å². The van der Waals surface area contributed by atoms with E-state index in [1.54, 1.807) is 27.9 Å². The minimum atomic E-state index is -0.156. The number of phenolic OH excluding ortho intramolecular Hbond substituents is 1. The van der Waals surface area contributed by atoms with Crippen LogP contribution in [0, 0.1) is 0 Å². The molecule has 2 aliphatic rings. The van der Waals surface area contributed by atoms with Crippen molar-refractivity contribution < 1.29 is 14.7 Å². The predicted molar refractivity (Wildman–Crippen MR) is 107 cm³/mol. The minimum Gasteiger partial charge on any atom is -0.507 e. The number of nitrogens with zero attached hydrogens (tertiary/aromatic N) is 4. The van der Waals surface area contributed by atoms with Gasteiger partial charge in [-0.2, -0.15) is 5.10 Å². The largest absolute Gasteiger partial charge is 0.507 e. The van der Waals surface area contributed by atoms with Crippen molar-refractivity contribution in [2.75, 3.05) is 13.1 Å². The maximum absolute atomic E-state index is 13.0. The molecule has 2 bridgehead atoms. The molecule has 0 radical (unpaired) electrons. The van der Waals surface area contributed by atoms with E-state index in [4.69, 9.17) is 0 Å². The maximum Gasteiger partial charge on any atom is 0.258 e. The molecule has 5 rings (SSSR count). The second kappa shape index (κ2) is 6.62. The van der Waals surface area contributed by atoms with Crippen molar-refractivity contribution in [3.63, 3.8) is 0 Å². The topological polar surface area (TPSA) is 78.2 Å². The summed E-state index contributed by atoms with van der Waals surface area (Å²) in [6, 6.07) is 10.9. The normalized spacial score (nSPS) is 20.6. The first-order valence-corrected chi connectivity index (χ1v) is 9.93. The number of rotatable bonds is 3. The lowest BCUT2D eigenvalue weighted by Crippen LogP contribution is -2.50. The van der Waals surface area contributed by atoms with Crippen molar-refractivity contribution in [1.82, 2.24) is 19.4 Å². The monoisotopic (exact) mass is 390 g/mol. The van der Waals surface area contributed by atoms with E-state index in [0.717, 1.165) is 17.5 Å². The fraction of sp³-hybridized carbons (Fsp3) is 0.318. The quantitative estimate of drug-likeness (QED) is 0.745. The molecule has 1 N–H and O–H groups in total. The molecule has 2 aromatic heterocycles. The smallest absolute Gasteiger partial charge is 0.258 e. The highest BCUT2D eigenvalue weighted by Crippen LogP contribution is 2.35. The van der Waals surface area contributed by atoms with Gasteiger partial charge in [0.1, 0.15) is 5.75 Å². The average Bonchev–Trinajstić information content (AvgIpc) is 3.46. The van der Waals surface area contributed by atoms with Crippen LogP contribution in [0.25, 0.3) is 5.52 Å². The van der Waals surface area contributed by atoms with Gasteiger partial charge in [0.2, 0.25) is 0 Å². The molecule has 2 atom stereocenters. The third-order valence-electron chi connectivity index (χ3n) is 6.11. The van der Waals surface area contributed by atoms with E-state index in [9.17, 15) is 14.7 Å². The Hall–Kier alpha value is -3.35. The van der Waals surface area contributed by atoms with Crippen LogP contribution in [-0.4, -0.2) is 61.5 Å². The summed E-state index contributed by atoms with van der Waals surface area (Å²) in [4.78, 5) is 29.7. The van der Waals surface area contributed by atoms with Gasteiger partial charge in [0.05, 0.1) is 28.7 Å². The summed E-state index contributed by atoms with van der Waals surface area (Å²) in [5.74, 6) is -0.106. The molecule has 7 nitrogen and oxygen atoms in total. The van der Waals surface area contributed by atoms with Crippen LogP contribution in [0.2, 0.25) is 0 Å². The van der Waals surface area contributed by atoms with Gasteiger partial charge in [-0.3, -0.25) is 9.59 Å². The first kappa shape index (κ1) is 17.7. The Morgan fingerprint density at radius 1 is 1.10 bits per heavy atom. The number of likely N-dealkylation sites (tertiary alicyclic amines) is 2. The van der Waals surface area contributed by atoms with E-state index >= 15 is 0 Å². The van der Waals surface area contributed by atoms with Gasteiger partial charge < -0.3 is 14.9 Å². The molecular formula is C22H22N4O3. The summed E-state index contributed by atoms with van der Waals surface area (Å²) in [5.41, 5.74) is 2.61. The molecular weight excluding hydrogens is 368 g/mol. The molecule has 148 valence electrons. The Kier molecular flexibility index (Phi) is 4.04. The fourth-order valence-electron chi connectivity index (χ4n) is 4.60. The highest BCUT2D eigenvalue weighted by molar-refractivity contribution is 5.99. The van der Waals surface area contributed by atoms with E-state index in [0.29, 0.717) is 30.6 Å². The molecule has 7 heteroatoms. The second-order valence-corrected chi connectivity index (χ2v) is 7.75. The third kappa shape index (κ3) is 2.76. The SMILES string of the molecule is CCc1cccc(C(=O)N2C[C@@H]3C[C@H]2CN3C(=O)c2cc3cccnn3c2)c1O. The second-order valence-electron chi connectivity index (χ2n) is 7.75. The van der Waals surface area contributed by atoms with Crippen LogP contribution < -0.4 is 0 Å². The van der Waals surface area contributed by atoms with Gasteiger partial charge in [0, 0.05) is 25.5 Å². The maximum atomic E-state index is 13.0. The van der Waals surface area contributed by atoms with Crippen LogP contribution in [0.3, 0.4) is 0 Å². The van der Waals surface area contributed by atoms with Gasteiger partial charge in [0.15, 0.2) is 0 Å². The number of phenols is 1. The molecule has 2 fully saturated rings. The lowest BCUT2D eigenvalue weighted by atomic mass is 10.1. The predicted octanol–water partition coefficient (Wildman–Crippen LogP) is 2.34. The summed E-state index contributed by atoms with van der Waals surface area (Å²) >= 11 is 0. The number of amides is 2. The van der Waals surface area contributed by atoms with E-state index in [2.05, 4.69) is 5.10 Å². The zero-order chi connectivity index (χ0) is 20.1. The van der Waals surface area contributed by atoms with Gasteiger partial charge in [-0.15, -0.1) is 0 Å². The zero-order valence-electron chi connectivity index (χ0n) is 16.2. The summed E-state index contributed by atoms with van der Waals surface area (Å²) in [5, 5.41) is 14.6. The average molecular weight is 390 g/mol. The van der Waals surface area contributed by atoms with Crippen LogP contribution in [0.15, 0.2) is 48.8 Å². The molecule has 29 heavy (non-hydrogen) atoms. The van der Waals surface area contributed by atoms with E-state index in [1.807, 2.05) is 42.2 Å². The van der Waals surface area contributed by atoms with Crippen molar-refractivity contribution in [2.24, 2.45) is 0 Å². The number of hydrogen-bond donors (Lipinski definition) is 1. The molecule has 0 saturated carbocycles. The summed E-state index contributed by atoms with van der Waals surface area (Å²) in [7, 11) is 0. The van der Waals surface area contributed by atoms with Crippen molar-refractivity contribution >= 4 is 17.3 Å². The number of aryl methyl sites for hydroxylation is 1. The first-order valence-electron chi connectivity index (χ1n) is 9.93. The number of aromatic nitrogens is 2. The highest BCUT2D eigenvalue weighted by Gasteiger charge is 2.47. The van der Waals surface area contributed by atoms with Gasteiger partial charge in [0.25, 0.3) is 11.8 Å². The zero-order valence-corrected chi connectivity index (χ0v) is 16.2. The molecule has 0 spiro atoms. The number of benzene rings is 1. The molecule has 1 aromatic carbocycles. The Balaban J connectivity index is 1.34. The molecule has 3 aromatic rings. The van der Waals surface area contributed by atoms with Crippen molar-refractivity contribution in [2.45, 2.75) is 31.8 Å². The number of piperazine rings is 1. The fourth-order valence-corrected chi connectivity index (χ4v) is 4.60. The number of para-hydroxylation sites is 1. The Labute approximate surface area is 168 Å². The number of hydrogen-bond acceptors (Lipinski definition) is 4. The Bertz CT molecular complexity index is 1090. The molecule has 0 aliphatic carbocycles. The lowest BCUT2D eigenvalue weighted by Gasteiger charge is -2.34. The summed E-state index contributed by atoms with van der Waals surface area (Å²) in [6.07, 6.45) is 4.88. The Morgan fingerprint density at radius 2 is 1.86 bits per heavy atom. The molecule has 2 aliphatic heterocycles. The Morgan fingerprint density at radius 3 is 2.55 bits per heavy atom. The molecule has 4 heterocycles. The van der Waals surface area contributed by atoms with Gasteiger partial charge in [-0.25, -0.2) is 4.52 Å². The number of carbonyl (C=O) groups is 2. The van der Waals surface area contributed by atoms with E-state index in [-0.39, 0.29) is 29.6 Å². The van der Waals surface area contributed by atoms with Crippen LogP contribution in [0.1, 0.15) is 39.6 Å². The van der Waals surface area contributed by atoms with Gasteiger partial charge in [-0.1, -0.05) is 19.1 Å². The van der Waals surface area contributed by atoms with Gasteiger partial charge in [-0.05, 0) is 42.7 Å². The van der Waals surface area contributed by atoms with E-state index in [1.165, 1.54) is 0 Å². The minimum absolute atomic E-state index is 0.00363.